The highest BCUT2D eigenvalue weighted by atomic mass is 19.1. The van der Waals surface area contributed by atoms with Crippen LogP contribution in [0.2, 0.25) is 0 Å². The van der Waals surface area contributed by atoms with Crippen LogP contribution in [0.4, 0.5) is 4.39 Å². The van der Waals surface area contributed by atoms with E-state index in [1.165, 1.54) is 11.6 Å². The third kappa shape index (κ3) is 4.28. The summed E-state index contributed by atoms with van der Waals surface area (Å²) < 4.78 is 13.3. The molecule has 0 amide bonds. The van der Waals surface area contributed by atoms with Gasteiger partial charge >= 0.3 is 0 Å². The van der Waals surface area contributed by atoms with E-state index < -0.39 is 6.17 Å². The van der Waals surface area contributed by atoms with Crippen LogP contribution in [-0.2, 0) is 6.54 Å². The number of benzene rings is 1. The van der Waals surface area contributed by atoms with Crippen molar-refractivity contribution in [2.45, 2.75) is 25.6 Å². The number of piperidine rings is 1. The number of nitrogens with one attached hydrogen (secondary N) is 1. The number of halogens is 1. The van der Waals surface area contributed by atoms with Crippen LogP contribution in [0.5, 0.6) is 0 Å². The van der Waals surface area contributed by atoms with Crippen LogP contribution in [0.25, 0.3) is 22.6 Å². The minimum Gasteiger partial charge on any atom is -0.306 e. The van der Waals surface area contributed by atoms with Gasteiger partial charge in [0.05, 0.1) is 5.69 Å². The lowest BCUT2D eigenvalue weighted by Gasteiger charge is -2.28. The maximum absolute atomic E-state index is 13.3. The van der Waals surface area contributed by atoms with Gasteiger partial charge in [-0.25, -0.2) is 9.37 Å². The van der Waals surface area contributed by atoms with E-state index in [1.807, 2.05) is 36.4 Å². The van der Waals surface area contributed by atoms with Crippen LogP contribution in [0.1, 0.15) is 18.4 Å². The Bertz CT molecular complexity index is 948. The fraction of sp³-hybridized carbons (Fsp3) is 0.286. The number of aromatic nitrogens is 3. The zero-order valence-corrected chi connectivity index (χ0v) is 14.9. The van der Waals surface area contributed by atoms with Crippen molar-refractivity contribution in [2.75, 3.05) is 13.1 Å². The Hall–Kier alpha value is -2.86. The molecule has 4 rings (SSSR count). The van der Waals surface area contributed by atoms with Gasteiger partial charge in [-0.05, 0) is 30.5 Å². The molecule has 27 heavy (non-hydrogen) atoms. The molecule has 1 aliphatic heterocycles. The van der Waals surface area contributed by atoms with E-state index in [0.29, 0.717) is 24.4 Å². The molecule has 6 heteroatoms. The molecule has 0 unspecified atom stereocenters. The van der Waals surface area contributed by atoms with E-state index in [4.69, 9.17) is 0 Å². The highest BCUT2D eigenvalue weighted by Gasteiger charge is 2.18. The van der Waals surface area contributed by atoms with Crippen LogP contribution in [0, 0.1) is 0 Å². The van der Waals surface area contributed by atoms with E-state index in [-0.39, 0.29) is 5.56 Å². The molecule has 1 aliphatic rings. The van der Waals surface area contributed by atoms with E-state index in [2.05, 4.69) is 19.9 Å². The molecule has 0 saturated carbocycles. The maximum atomic E-state index is 13.3. The Morgan fingerprint density at radius 2 is 1.89 bits per heavy atom. The lowest BCUT2D eigenvalue weighted by molar-refractivity contribution is 0.145. The van der Waals surface area contributed by atoms with Gasteiger partial charge in [0.2, 0.25) is 0 Å². The van der Waals surface area contributed by atoms with Crippen molar-refractivity contribution in [3.05, 3.63) is 70.8 Å². The first-order valence-electron chi connectivity index (χ1n) is 9.15. The van der Waals surface area contributed by atoms with Crippen molar-refractivity contribution in [3.63, 3.8) is 0 Å². The average molecular weight is 364 g/mol. The molecular weight excluding hydrogens is 343 g/mol. The van der Waals surface area contributed by atoms with Gasteiger partial charge in [0, 0.05) is 49.2 Å². The van der Waals surface area contributed by atoms with Gasteiger partial charge in [-0.15, -0.1) is 0 Å². The standard InChI is InChI=1S/C21H21FN4O/c22-18-7-10-26(11-8-18)14-15-3-5-16(6-4-15)21-24-19(12-20(27)25-21)17-2-1-9-23-13-17/h1-6,9,12-13,18H,7-8,10-11,14H2,(H,24,25,27). The van der Waals surface area contributed by atoms with Gasteiger partial charge in [-0.3, -0.25) is 14.7 Å². The predicted molar refractivity (Wildman–Crippen MR) is 103 cm³/mol. The number of hydrogen-bond acceptors (Lipinski definition) is 4. The van der Waals surface area contributed by atoms with Gasteiger partial charge in [0.1, 0.15) is 12.0 Å². The second-order valence-corrected chi connectivity index (χ2v) is 6.87. The number of nitrogens with zero attached hydrogens (tertiary/aromatic N) is 3. The van der Waals surface area contributed by atoms with Gasteiger partial charge in [0.15, 0.2) is 0 Å². The molecule has 5 nitrogen and oxygen atoms in total. The number of H-pyrrole nitrogens is 1. The highest BCUT2D eigenvalue weighted by molar-refractivity contribution is 5.62. The second-order valence-electron chi connectivity index (χ2n) is 6.87. The van der Waals surface area contributed by atoms with Crippen LogP contribution in [-0.4, -0.2) is 39.1 Å². The van der Waals surface area contributed by atoms with Crippen molar-refractivity contribution in [1.29, 1.82) is 0 Å². The molecule has 0 spiro atoms. The molecule has 138 valence electrons. The summed E-state index contributed by atoms with van der Waals surface area (Å²) in [4.78, 5) is 25.8. The first kappa shape index (κ1) is 17.5. The number of alkyl halides is 1. The van der Waals surface area contributed by atoms with Crippen LogP contribution < -0.4 is 5.56 Å². The SMILES string of the molecule is O=c1cc(-c2cccnc2)nc(-c2ccc(CN3CCC(F)CC3)cc2)[nH]1. The highest BCUT2D eigenvalue weighted by Crippen LogP contribution is 2.21. The number of hydrogen-bond donors (Lipinski definition) is 1. The summed E-state index contributed by atoms with van der Waals surface area (Å²) in [7, 11) is 0. The Morgan fingerprint density at radius 3 is 2.59 bits per heavy atom. The molecule has 1 N–H and O–H groups in total. The Morgan fingerprint density at radius 1 is 1.11 bits per heavy atom. The number of likely N-dealkylation sites (tertiary alicyclic amines) is 1. The second kappa shape index (κ2) is 7.80. The van der Waals surface area contributed by atoms with Gasteiger partial charge in [0.25, 0.3) is 5.56 Å². The summed E-state index contributed by atoms with van der Waals surface area (Å²) in [5, 5.41) is 0. The summed E-state index contributed by atoms with van der Waals surface area (Å²) in [6.45, 7) is 2.41. The Labute approximate surface area is 156 Å². The van der Waals surface area contributed by atoms with E-state index in [0.717, 1.165) is 30.8 Å². The molecule has 2 aromatic heterocycles. The van der Waals surface area contributed by atoms with E-state index >= 15 is 0 Å². The molecule has 3 aromatic rings. The zero-order chi connectivity index (χ0) is 18.6. The van der Waals surface area contributed by atoms with Crippen molar-refractivity contribution < 1.29 is 4.39 Å². The Balaban J connectivity index is 1.54. The van der Waals surface area contributed by atoms with Crippen molar-refractivity contribution in [3.8, 4) is 22.6 Å². The first-order chi connectivity index (χ1) is 13.2. The number of aromatic amines is 1. The van der Waals surface area contributed by atoms with Crippen LogP contribution in [0.15, 0.2) is 59.7 Å². The third-order valence-electron chi connectivity index (χ3n) is 4.85. The number of rotatable bonds is 4. The average Bonchev–Trinajstić information content (AvgIpc) is 2.70. The van der Waals surface area contributed by atoms with Crippen LogP contribution >= 0.6 is 0 Å². The lowest BCUT2D eigenvalue weighted by Crippen LogP contribution is -2.33. The lowest BCUT2D eigenvalue weighted by atomic mass is 10.1. The van der Waals surface area contributed by atoms with E-state index in [9.17, 15) is 9.18 Å². The molecule has 0 aliphatic carbocycles. The fourth-order valence-electron chi connectivity index (χ4n) is 3.34. The number of pyridine rings is 1. The zero-order valence-electron chi connectivity index (χ0n) is 14.9. The smallest absolute Gasteiger partial charge is 0.251 e. The molecule has 3 heterocycles. The molecule has 0 radical (unpaired) electrons. The monoisotopic (exact) mass is 364 g/mol. The van der Waals surface area contributed by atoms with Gasteiger partial charge < -0.3 is 4.98 Å². The molecular formula is C21H21FN4O. The molecule has 0 atom stereocenters. The fourth-order valence-corrected chi connectivity index (χ4v) is 3.34. The summed E-state index contributed by atoms with van der Waals surface area (Å²) in [6.07, 6.45) is 3.95. The Kier molecular flexibility index (Phi) is 5.07. The normalized spacial score (nSPS) is 15.7. The summed E-state index contributed by atoms with van der Waals surface area (Å²) >= 11 is 0. The topological polar surface area (TPSA) is 61.9 Å². The summed E-state index contributed by atoms with van der Waals surface area (Å²) in [5.41, 5.74) is 3.22. The van der Waals surface area contributed by atoms with Crippen LogP contribution in [0.3, 0.4) is 0 Å². The molecule has 1 saturated heterocycles. The van der Waals surface area contributed by atoms with Crippen molar-refractivity contribution in [1.82, 2.24) is 19.9 Å². The third-order valence-corrected chi connectivity index (χ3v) is 4.85. The molecule has 1 fully saturated rings. The van der Waals surface area contributed by atoms with Gasteiger partial charge in [-0.2, -0.15) is 0 Å². The minimum atomic E-state index is -0.654. The summed E-state index contributed by atoms with van der Waals surface area (Å²) in [6, 6.07) is 13.2. The van der Waals surface area contributed by atoms with Gasteiger partial charge in [-0.1, -0.05) is 24.3 Å². The van der Waals surface area contributed by atoms with Crippen molar-refractivity contribution >= 4 is 0 Å². The van der Waals surface area contributed by atoms with Crippen molar-refractivity contribution in [2.24, 2.45) is 0 Å². The minimum absolute atomic E-state index is 0.197. The maximum Gasteiger partial charge on any atom is 0.251 e. The molecule has 0 bridgehead atoms. The molecule has 1 aromatic carbocycles. The predicted octanol–water partition coefficient (Wildman–Crippen LogP) is 3.43. The van der Waals surface area contributed by atoms with E-state index in [1.54, 1.807) is 12.4 Å². The largest absolute Gasteiger partial charge is 0.306 e. The quantitative estimate of drug-likeness (QED) is 0.770. The first-order valence-corrected chi connectivity index (χ1v) is 9.15. The summed E-state index contributed by atoms with van der Waals surface area (Å²) in [5.74, 6) is 0.533.